The Hall–Kier alpha value is -0.660. The molecule has 1 unspecified atom stereocenters. The van der Waals surface area contributed by atoms with E-state index in [0.29, 0.717) is 31.4 Å². The fraction of sp³-hybridized carbons (Fsp3) is 0.800. The van der Waals surface area contributed by atoms with E-state index in [0.717, 1.165) is 45.4 Å². The maximum Gasteiger partial charge on any atom is 0.401 e. The second kappa shape index (κ2) is 12.5. The van der Waals surface area contributed by atoms with Gasteiger partial charge >= 0.3 is 6.18 Å². The molecule has 3 heterocycles. The lowest BCUT2D eigenvalue weighted by atomic mass is 9.97. The van der Waals surface area contributed by atoms with Gasteiger partial charge in [-0.25, -0.2) is 4.98 Å². The van der Waals surface area contributed by atoms with Gasteiger partial charge in [-0.2, -0.15) is 13.2 Å². The van der Waals surface area contributed by atoms with Gasteiger partial charge in [0.15, 0.2) is 5.96 Å². The third kappa shape index (κ3) is 9.01. The van der Waals surface area contributed by atoms with Gasteiger partial charge in [-0.15, -0.1) is 35.3 Å². The number of guanidine groups is 1. The number of alkyl halides is 3. The first-order valence-corrected chi connectivity index (χ1v) is 11.6. The van der Waals surface area contributed by atoms with Crippen LogP contribution in [0.2, 0.25) is 0 Å². The maximum atomic E-state index is 12.6. The molecular formula is C20H34F3IN6S. The van der Waals surface area contributed by atoms with Gasteiger partial charge in [-0.05, 0) is 44.7 Å². The van der Waals surface area contributed by atoms with E-state index in [4.69, 9.17) is 0 Å². The molecule has 2 fully saturated rings. The van der Waals surface area contributed by atoms with Crippen molar-refractivity contribution >= 4 is 41.3 Å². The molecule has 1 aromatic rings. The summed E-state index contributed by atoms with van der Waals surface area (Å²) < 4.78 is 37.7. The smallest absolute Gasteiger partial charge is 0.356 e. The van der Waals surface area contributed by atoms with Crippen molar-refractivity contribution in [3.63, 3.8) is 0 Å². The van der Waals surface area contributed by atoms with Crippen molar-refractivity contribution in [2.45, 2.75) is 51.4 Å². The normalized spacial score (nSPS) is 21.8. The molecule has 178 valence electrons. The molecular weight excluding hydrogens is 540 g/mol. The molecule has 0 radical (unpaired) electrons. The molecule has 0 amide bonds. The molecule has 11 heteroatoms. The average Bonchev–Trinajstić information content (AvgIpc) is 3.34. The molecule has 31 heavy (non-hydrogen) atoms. The van der Waals surface area contributed by atoms with Crippen molar-refractivity contribution in [3.8, 4) is 0 Å². The van der Waals surface area contributed by atoms with Crippen LogP contribution in [0.5, 0.6) is 0 Å². The zero-order valence-electron chi connectivity index (χ0n) is 18.2. The molecule has 2 N–H and O–H groups in total. The predicted molar refractivity (Wildman–Crippen MR) is 130 cm³/mol. The highest BCUT2D eigenvalue weighted by atomic mass is 127. The Kier molecular flexibility index (Phi) is 10.8. The second-order valence-electron chi connectivity index (χ2n) is 8.24. The van der Waals surface area contributed by atoms with E-state index >= 15 is 0 Å². The van der Waals surface area contributed by atoms with E-state index in [9.17, 15) is 13.2 Å². The SMILES string of the molecule is CCc1nc(CN2CCC(CNC(=NC)NC3CCN(CC(F)(F)F)C3)CC2)cs1.I. The van der Waals surface area contributed by atoms with E-state index in [1.54, 1.807) is 18.4 Å². The molecule has 2 aliphatic heterocycles. The quantitative estimate of drug-likeness (QED) is 0.298. The molecule has 0 bridgehead atoms. The Labute approximate surface area is 204 Å². The van der Waals surface area contributed by atoms with Crippen LogP contribution in [0.15, 0.2) is 10.4 Å². The molecule has 1 aromatic heterocycles. The Bertz CT molecular complexity index is 691. The summed E-state index contributed by atoms with van der Waals surface area (Å²) in [4.78, 5) is 12.8. The monoisotopic (exact) mass is 574 g/mol. The van der Waals surface area contributed by atoms with Gasteiger partial charge in [-0.3, -0.25) is 14.8 Å². The van der Waals surface area contributed by atoms with Crippen LogP contribution >= 0.6 is 35.3 Å². The van der Waals surface area contributed by atoms with Gasteiger partial charge in [0, 0.05) is 44.6 Å². The number of aliphatic imine (C=N–C) groups is 1. The second-order valence-corrected chi connectivity index (χ2v) is 9.18. The summed E-state index contributed by atoms with van der Waals surface area (Å²) in [5.74, 6) is 1.26. The van der Waals surface area contributed by atoms with Crippen LogP contribution in [0.4, 0.5) is 13.2 Å². The predicted octanol–water partition coefficient (Wildman–Crippen LogP) is 3.34. The number of aryl methyl sites for hydroxylation is 1. The zero-order chi connectivity index (χ0) is 21.6. The lowest BCUT2D eigenvalue weighted by Gasteiger charge is -2.32. The number of thiazole rings is 1. The number of hydrogen-bond donors (Lipinski definition) is 2. The first-order valence-electron chi connectivity index (χ1n) is 10.8. The third-order valence-electron chi connectivity index (χ3n) is 5.79. The summed E-state index contributed by atoms with van der Waals surface area (Å²) in [5.41, 5.74) is 1.18. The van der Waals surface area contributed by atoms with E-state index in [1.807, 2.05) is 0 Å². The largest absolute Gasteiger partial charge is 0.401 e. The van der Waals surface area contributed by atoms with Gasteiger partial charge in [0.1, 0.15) is 0 Å². The number of nitrogens with zero attached hydrogens (tertiary/aromatic N) is 4. The average molecular weight is 574 g/mol. The standard InChI is InChI=1S/C20H33F3N6S.HI/c1-3-18-26-17(13-30-18)12-28-7-4-15(5-8-28)10-25-19(24-2)27-16-6-9-29(11-16)14-20(21,22)23;/h13,15-16H,3-12,14H2,1-2H3,(H2,24,25,27);1H. The molecule has 3 rings (SSSR count). The third-order valence-corrected chi connectivity index (χ3v) is 6.83. The maximum absolute atomic E-state index is 12.6. The van der Waals surface area contributed by atoms with Crippen LogP contribution in [0.1, 0.15) is 36.9 Å². The number of nitrogens with one attached hydrogen (secondary N) is 2. The molecule has 2 aliphatic rings. The van der Waals surface area contributed by atoms with Crippen LogP contribution in [-0.4, -0.2) is 79.3 Å². The summed E-state index contributed by atoms with van der Waals surface area (Å²) in [6.07, 6.45) is -0.197. The molecule has 6 nitrogen and oxygen atoms in total. The minimum atomic E-state index is -4.14. The number of rotatable bonds is 7. The first-order chi connectivity index (χ1) is 14.3. The van der Waals surface area contributed by atoms with Crippen LogP contribution in [0.25, 0.3) is 0 Å². The van der Waals surface area contributed by atoms with Gasteiger partial charge < -0.3 is 10.6 Å². The minimum absolute atomic E-state index is 0. The van der Waals surface area contributed by atoms with Gasteiger partial charge in [0.2, 0.25) is 0 Å². The van der Waals surface area contributed by atoms with E-state index in [1.165, 1.54) is 15.6 Å². The van der Waals surface area contributed by atoms with Crippen molar-refractivity contribution < 1.29 is 13.2 Å². The Balaban J connectivity index is 0.00000341. The highest BCUT2D eigenvalue weighted by molar-refractivity contribution is 14.0. The summed E-state index contributed by atoms with van der Waals surface area (Å²) >= 11 is 1.74. The number of piperidine rings is 1. The summed E-state index contributed by atoms with van der Waals surface area (Å²) in [6, 6.07) is 0.00604. The highest BCUT2D eigenvalue weighted by Gasteiger charge is 2.34. The number of aromatic nitrogens is 1. The number of likely N-dealkylation sites (tertiary alicyclic amines) is 2. The molecule has 0 spiro atoms. The molecule has 0 saturated carbocycles. The fourth-order valence-corrected chi connectivity index (χ4v) is 4.87. The van der Waals surface area contributed by atoms with E-state index < -0.39 is 12.7 Å². The lowest BCUT2D eigenvalue weighted by molar-refractivity contribution is -0.143. The van der Waals surface area contributed by atoms with Gasteiger partial charge in [0.25, 0.3) is 0 Å². The van der Waals surface area contributed by atoms with Crippen molar-refractivity contribution in [1.29, 1.82) is 0 Å². The molecule has 2 saturated heterocycles. The van der Waals surface area contributed by atoms with Crippen LogP contribution in [0.3, 0.4) is 0 Å². The fourth-order valence-electron chi connectivity index (χ4n) is 4.14. The Morgan fingerprint density at radius 3 is 2.55 bits per heavy atom. The van der Waals surface area contributed by atoms with Gasteiger partial charge in [-0.1, -0.05) is 6.92 Å². The summed E-state index contributed by atoms with van der Waals surface area (Å²) in [6.45, 7) is 6.05. The topological polar surface area (TPSA) is 55.8 Å². The number of halogens is 4. The Morgan fingerprint density at radius 1 is 1.23 bits per heavy atom. The lowest BCUT2D eigenvalue weighted by Crippen LogP contribution is -2.47. The Morgan fingerprint density at radius 2 is 1.94 bits per heavy atom. The van der Waals surface area contributed by atoms with Crippen molar-refractivity contribution in [3.05, 3.63) is 16.1 Å². The van der Waals surface area contributed by atoms with Crippen LogP contribution in [0, 0.1) is 5.92 Å². The van der Waals surface area contributed by atoms with Crippen molar-refractivity contribution in [1.82, 2.24) is 25.4 Å². The molecule has 0 aromatic carbocycles. The van der Waals surface area contributed by atoms with Crippen molar-refractivity contribution in [2.24, 2.45) is 10.9 Å². The van der Waals surface area contributed by atoms with Crippen LogP contribution in [-0.2, 0) is 13.0 Å². The zero-order valence-corrected chi connectivity index (χ0v) is 21.4. The van der Waals surface area contributed by atoms with E-state index in [2.05, 4.69) is 37.8 Å². The summed E-state index contributed by atoms with van der Waals surface area (Å²) in [5, 5.41) is 10.0. The molecule has 0 aliphatic carbocycles. The minimum Gasteiger partial charge on any atom is -0.356 e. The first kappa shape index (κ1) is 26.6. The van der Waals surface area contributed by atoms with Crippen molar-refractivity contribution in [2.75, 3.05) is 46.3 Å². The number of hydrogen-bond acceptors (Lipinski definition) is 5. The van der Waals surface area contributed by atoms with Gasteiger partial charge in [0.05, 0.1) is 17.2 Å². The summed E-state index contributed by atoms with van der Waals surface area (Å²) in [7, 11) is 1.71. The highest BCUT2D eigenvalue weighted by Crippen LogP contribution is 2.21. The molecule has 1 atom stereocenters. The van der Waals surface area contributed by atoms with Crippen LogP contribution < -0.4 is 10.6 Å². The van der Waals surface area contributed by atoms with E-state index in [-0.39, 0.29) is 30.0 Å².